The number of aromatic carboxylic acids is 1. The summed E-state index contributed by atoms with van der Waals surface area (Å²) < 4.78 is 0. The van der Waals surface area contributed by atoms with Crippen LogP contribution in [0.25, 0.3) is 0 Å². The third-order valence-corrected chi connectivity index (χ3v) is 3.21. The van der Waals surface area contributed by atoms with Crippen LogP contribution in [0.5, 0.6) is 0 Å². The van der Waals surface area contributed by atoms with Gasteiger partial charge in [0.2, 0.25) is 0 Å². The van der Waals surface area contributed by atoms with Crippen LogP contribution in [0.4, 0.5) is 0 Å². The van der Waals surface area contributed by atoms with Crippen LogP contribution in [-0.4, -0.2) is 11.1 Å². The number of alkyl halides is 1. The second-order valence-electron chi connectivity index (χ2n) is 4.04. The van der Waals surface area contributed by atoms with Crippen LogP contribution >= 0.6 is 11.6 Å². The third kappa shape index (κ3) is 2.90. The molecule has 0 saturated heterocycles. The van der Waals surface area contributed by atoms with Crippen molar-refractivity contribution >= 4 is 17.6 Å². The Bertz CT molecular complexity index is 537. The van der Waals surface area contributed by atoms with E-state index in [0.717, 1.165) is 11.1 Å². The second-order valence-corrected chi connectivity index (χ2v) is 4.57. The minimum atomic E-state index is -0.914. The summed E-state index contributed by atoms with van der Waals surface area (Å²) in [6, 6.07) is 16.6. The van der Waals surface area contributed by atoms with Gasteiger partial charge in [0.1, 0.15) is 0 Å². The lowest BCUT2D eigenvalue weighted by Crippen LogP contribution is -2.04. The molecule has 2 rings (SSSR count). The fourth-order valence-electron chi connectivity index (χ4n) is 1.88. The first-order chi connectivity index (χ1) is 8.68. The van der Waals surface area contributed by atoms with Crippen LogP contribution in [0, 0.1) is 0 Å². The summed E-state index contributed by atoms with van der Waals surface area (Å²) in [5.41, 5.74) is 2.08. The predicted molar refractivity (Wildman–Crippen MR) is 72.1 cm³/mol. The molecule has 92 valence electrons. The van der Waals surface area contributed by atoms with E-state index in [1.54, 1.807) is 12.1 Å². The lowest BCUT2D eigenvalue weighted by atomic mass is 9.99. The number of carboxylic acids is 1. The standard InChI is InChI=1S/C15H13ClO2/c16-14(11-6-2-1-3-7-11)10-12-8-4-5-9-13(12)15(17)18/h1-9,14H,10H2,(H,17,18). The Hall–Kier alpha value is -1.80. The van der Waals surface area contributed by atoms with Crippen LogP contribution in [0.2, 0.25) is 0 Å². The maximum Gasteiger partial charge on any atom is 0.335 e. The minimum Gasteiger partial charge on any atom is -0.478 e. The zero-order chi connectivity index (χ0) is 13.0. The Morgan fingerprint density at radius 2 is 1.67 bits per heavy atom. The first-order valence-corrected chi connectivity index (χ1v) is 6.12. The molecule has 0 saturated carbocycles. The number of halogens is 1. The van der Waals surface area contributed by atoms with E-state index < -0.39 is 5.97 Å². The summed E-state index contributed by atoms with van der Waals surface area (Å²) in [4.78, 5) is 11.1. The molecule has 2 aromatic carbocycles. The van der Waals surface area contributed by atoms with E-state index in [0.29, 0.717) is 12.0 Å². The quantitative estimate of drug-likeness (QED) is 0.847. The molecule has 0 aliphatic carbocycles. The summed E-state index contributed by atoms with van der Waals surface area (Å²) in [6.45, 7) is 0. The van der Waals surface area contributed by atoms with Crippen LogP contribution in [0.3, 0.4) is 0 Å². The van der Waals surface area contributed by atoms with Gasteiger partial charge in [0.15, 0.2) is 0 Å². The van der Waals surface area contributed by atoms with Gasteiger partial charge in [-0.15, -0.1) is 11.6 Å². The number of hydrogen-bond donors (Lipinski definition) is 1. The van der Waals surface area contributed by atoms with Gasteiger partial charge in [-0.05, 0) is 23.6 Å². The van der Waals surface area contributed by atoms with Gasteiger partial charge < -0.3 is 5.11 Å². The SMILES string of the molecule is O=C(O)c1ccccc1CC(Cl)c1ccccc1. The highest BCUT2D eigenvalue weighted by Crippen LogP contribution is 2.26. The topological polar surface area (TPSA) is 37.3 Å². The van der Waals surface area contributed by atoms with E-state index in [-0.39, 0.29) is 5.38 Å². The van der Waals surface area contributed by atoms with Gasteiger partial charge in [0, 0.05) is 0 Å². The summed E-state index contributed by atoms with van der Waals surface area (Å²) in [7, 11) is 0. The summed E-state index contributed by atoms with van der Waals surface area (Å²) in [5, 5.41) is 8.89. The van der Waals surface area contributed by atoms with Crippen molar-refractivity contribution in [2.75, 3.05) is 0 Å². The zero-order valence-corrected chi connectivity index (χ0v) is 10.5. The second kappa shape index (κ2) is 5.69. The maximum atomic E-state index is 11.1. The molecule has 0 spiro atoms. The van der Waals surface area contributed by atoms with E-state index in [1.807, 2.05) is 42.5 Å². The van der Waals surface area contributed by atoms with Crippen molar-refractivity contribution < 1.29 is 9.90 Å². The fraction of sp³-hybridized carbons (Fsp3) is 0.133. The molecular formula is C15H13ClO2. The lowest BCUT2D eigenvalue weighted by molar-refractivity contribution is 0.0695. The van der Waals surface area contributed by atoms with E-state index in [2.05, 4.69) is 0 Å². The molecule has 0 amide bonds. The van der Waals surface area contributed by atoms with Crippen molar-refractivity contribution in [2.45, 2.75) is 11.8 Å². The molecule has 0 aliphatic rings. The molecule has 18 heavy (non-hydrogen) atoms. The monoisotopic (exact) mass is 260 g/mol. The summed E-state index contributed by atoms with van der Waals surface area (Å²) in [6.07, 6.45) is 0.508. The molecule has 0 bridgehead atoms. The number of carboxylic acid groups (broad SMARTS) is 1. The lowest BCUT2D eigenvalue weighted by Gasteiger charge is -2.11. The molecule has 1 atom stereocenters. The van der Waals surface area contributed by atoms with Crippen molar-refractivity contribution in [3.05, 3.63) is 71.3 Å². The molecule has 0 aliphatic heterocycles. The van der Waals surface area contributed by atoms with Crippen LogP contribution in [0.15, 0.2) is 54.6 Å². The molecule has 0 radical (unpaired) electrons. The number of rotatable bonds is 4. The normalized spacial score (nSPS) is 12.1. The Balaban J connectivity index is 2.22. The molecular weight excluding hydrogens is 248 g/mol. The molecule has 0 fully saturated rings. The summed E-state index contributed by atoms with van der Waals surface area (Å²) >= 11 is 6.32. The highest BCUT2D eigenvalue weighted by molar-refractivity contribution is 6.21. The molecule has 0 aromatic heterocycles. The van der Waals surface area contributed by atoms with Gasteiger partial charge in [-0.3, -0.25) is 0 Å². The highest BCUT2D eigenvalue weighted by Gasteiger charge is 2.14. The molecule has 2 nitrogen and oxygen atoms in total. The largest absolute Gasteiger partial charge is 0.478 e. The van der Waals surface area contributed by atoms with Crippen LogP contribution in [0.1, 0.15) is 26.9 Å². The molecule has 1 N–H and O–H groups in total. The highest BCUT2D eigenvalue weighted by atomic mass is 35.5. The number of carbonyl (C=O) groups is 1. The van der Waals surface area contributed by atoms with Crippen LogP contribution in [-0.2, 0) is 6.42 Å². The van der Waals surface area contributed by atoms with Crippen molar-refractivity contribution in [2.24, 2.45) is 0 Å². The Morgan fingerprint density at radius 3 is 2.33 bits per heavy atom. The van der Waals surface area contributed by atoms with E-state index in [4.69, 9.17) is 16.7 Å². The van der Waals surface area contributed by atoms with E-state index in [1.165, 1.54) is 0 Å². The number of benzene rings is 2. The van der Waals surface area contributed by atoms with Gasteiger partial charge in [0.05, 0.1) is 10.9 Å². The first-order valence-electron chi connectivity index (χ1n) is 5.68. The van der Waals surface area contributed by atoms with E-state index in [9.17, 15) is 4.79 Å². The summed E-state index contributed by atoms with van der Waals surface area (Å²) in [5.74, 6) is -0.914. The minimum absolute atomic E-state index is 0.216. The van der Waals surface area contributed by atoms with Gasteiger partial charge in [-0.1, -0.05) is 48.5 Å². The smallest absolute Gasteiger partial charge is 0.335 e. The van der Waals surface area contributed by atoms with Crippen LogP contribution < -0.4 is 0 Å². The molecule has 1 unspecified atom stereocenters. The maximum absolute atomic E-state index is 11.1. The first kappa shape index (κ1) is 12.7. The van der Waals surface area contributed by atoms with E-state index >= 15 is 0 Å². The van der Waals surface area contributed by atoms with Crippen molar-refractivity contribution in [1.82, 2.24) is 0 Å². The average Bonchev–Trinajstić information content (AvgIpc) is 2.40. The zero-order valence-electron chi connectivity index (χ0n) is 9.71. The number of hydrogen-bond acceptors (Lipinski definition) is 1. The van der Waals surface area contributed by atoms with Crippen molar-refractivity contribution in [3.8, 4) is 0 Å². The van der Waals surface area contributed by atoms with Gasteiger partial charge in [-0.25, -0.2) is 4.79 Å². The van der Waals surface area contributed by atoms with Gasteiger partial charge >= 0.3 is 5.97 Å². The van der Waals surface area contributed by atoms with Gasteiger partial charge in [-0.2, -0.15) is 0 Å². The fourth-order valence-corrected chi connectivity index (χ4v) is 2.19. The molecule has 3 heteroatoms. The van der Waals surface area contributed by atoms with Gasteiger partial charge in [0.25, 0.3) is 0 Å². The van der Waals surface area contributed by atoms with Crippen molar-refractivity contribution in [3.63, 3.8) is 0 Å². The Labute approximate surface area is 111 Å². The molecule has 2 aromatic rings. The Morgan fingerprint density at radius 1 is 1.06 bits per heavy atom. The predicted octanol–water partition coefficient (Wildman–Crippen LogP) is 3.91. The third-order valence-electron chi connectivity index (χ3n) is 2.81. The Kier molecular flexibility index (Phi) is 4.00. The average molecular weight is 261 g/mol. The van der Waals surface area contributed by atoms with Crippen molar-refractivity contribution in [1.29, 1.82) is 0 Å². The molecule has 0 heterocycles.